The minimum Gasteiger partial charge on any atom is -0.492 e. The van der Waals surface area contributed by atoms with Crippen molar-refractivity contribution in [3.63, 3.8) is 0 Å². The molecule has 1 atom stereocenters. The number of hydrogen-bond acceptors (Lipinski definition) is 8. The van der Waals surface area contributed by atoms with Crippen LogP contribution in [0.5, 0.6) is 11.5 Å². The van der Waals surface area contributed by atoms with Crippen molar-refractivity contribution in [3.8, 4) is 22.8 Å². The van der Waals surface area contributed by atoms with Gasteiger partial charge in [-0.25, -0.2) is 4.79 Å². The highest BCUT2D eigenvalue weighted by Gasteiger charge is 2.41. The van der Waals surface area contributed by atoms with E-state index >= 15 is 0 Å². The summed E-state index contributed by atoms with van der Waals surface area (Å²) in [6, 6.07) is 6.21. The third-order valence-corrected chi connectivity index (χ3v) is 4.42. The molecule has 0 saturated heterocycles. The molecule has 178 valence electrons. The minimum atomic E-state index is -4.82. The predicted molar refractivity (Wildman–Crippen MR) is 110 cm³/mol. The molecule has 0 fully saturated rings. The number of aliphatic hydroxyl groups is 1. The van der Waals surface area contributed by atoms with Crippen LogP contribution in [0.25, 0.3) is 11.3 Å². The maximum absolute atomic E-state index is 13.7. The Morgan fingerprint density at radius 2 is 1.88 bits per heavy atom. The van der Waals surface area contributed by atoms with Crippen molar-refractivity contribution in [3.05, 3.63) is 47.9 Å². The maximum Gasteiger partial charge on any atom is 0.433 e. The molecule has 0 spiro atoms. The van der Waals surface area contributed by atoms with Crippen molar-refractivity contribution >= 4 is 5.97 Å². The summed E-state index contributed by atoms with van der Waals surface area (Å²) in [7, 11) is 3.83. The molecule has 33 heavy (non-hydrogen) atoms. The number of likely N-dealkylation sites (N-methyl/N-ethyl adjacent to an activating group) is 1. The van der Waals surface area contributed by atoms with Crippen LogP contribution in [0.3, 0.4) is 0 Å². The highest BCUT2D eigenvalue weighted by molar-refractivity contribution is 5.96. The predicted octanol–water partition coefficient (Wildman–Crippen LogP) is 3.10. The minimum absolute atomic E-state index is 0.160. The van der Waals surface area contributed by atoms with E-state index in [-0.39, 0.29) is 11.3 Å². The average Bonchev–Trinajstić information content (AvgIpc) is 3.35. The molecule has 3 aromatic rings. The van der Waals surface area contributed by atoms with Crippen molar-refractivity contribution in [1.82, 2.24) is 19.8 Å². The summed E-state index contributed by atoms with van der Waals surface area (Å²) < 4.78 is 57.5. The molecule has 0 aliphatic heterocycles. The van der Waals surface area contributed by atoms with Gasteiger partial charge in [-0.1, -0.05) is 5.16 Å². The van der Waals surface area contributed by atoms with E-state index in [0.717, 1.165) is 18.9 Å². The number of carbonyl (C=O) groups is 1. The highest BCUT2D eigenvalue weighted by atomic mass is 19.4. The van der Waals surface area contributed by atoms with Gasteiger partial charge in [0, 0.05) is 6.54 Å². The molecular weight excluding hydrogens is 445 g/mol. The number of rotatable bonds is 9. The van der Waals surface area contributed by atoms with Gasteiger partial charge in [-0.3, -0.25) is 4.68 Å². The highest BCUT2D eigenvalue weighted by Crippen LogP contribution is 2.38. The number of nitrogens with zero attached hydrogens (tertiary/aromatic N) is 4. The molecule has 0 amide bonds. The molecule has 2 aromatic heterocycles. The van der Waals surface area contributed by atoms with E-state index in [2.05, 4.69) is 10.3 Å². The third-order valence-electron chi connectivity index (χ3n) is 4.42. The zero-order valence-corrected chi connectivity index (χ0v) is 18.2. The first kappa shape index (κ1) is 24.3. The molecule has 0 unspecified atom stereocenters. The lowest BCUT2D eigenvalue weighted by molar-refractivity contribution is -0.144. The first-order valence-electron chi connectivity index (χ1n) is 9.92. The van der Waals surface area contributed by atoms with Gasteiger partial charge in [0.05, 0.1) is 30.6 Å². The second-order valence-corrected chi connectivity index (χ2v) is 7.52. The van der Waals surface area contributed by atoms with E-state index < -0.39 is 41.8 Å². The Labute approximate surface area is 187 Å². The second kappa shape index (κ2) is 10.0. The van der Waals surface area contributed by atoms with Gasteiger partial charge in [0.15, 0.2) is 11.5 Å². The monoisotopic (exact) mass is 468 g/mol. The molecule has 0 bridgehead atoms. The molecule has 12 heteroatoms. The Kier molecular flexibility index (Phi) is 7.39. The molecule has 2 heterocycles. The van der Waals surface area contributed by atoms with Crippen LogP contribution in [-0.4, -0.2) is 64.3 Å². The van der Waals surface area contributed by atoms with Gasteiger partial charge in [0.1, 0.15) is 23.7 Å². The molecule has 3 rings (SSSR count). The third kappa shape index (κ3) is 6.11. The second-order valence-electron chi connectivity index (χ2n) is 7.52. The van der Waals surface area contributed by atoms with E-state index in [1.165, 1.54) is 19.1 Å². The molecule has 9 nitrogen and oxygen atoms in total. The van der Waals surface area contributed by atoms with Crippen molar-refractivity contribution in [2.45, 2.75) is 25.7 Å². The number of halogens is 3. The van der Waals surface area contributed by atoms with Crippen LogP contribution in [0.15, 0.2) is 41.2 Å². The first-order chi connectivity index (χ1) is 15.6. The van der Waals surface area contributed by atoms with Crippen molar-refractivity contribution in [1.29, 1.82) is 0 Å². The summed E-state index contributed by atoms with van der Waals surface area (Å²) in [5, 5.41) is 16.6. The number of aromatic nitrogens is 3. The Balaban J connectivity index is 1.80. The van der Waals surface area contributed by atoms with Crippen molar-refractivity contribution in [2.24, 2.45) is 0 Å². The summed E-state index contributed by atoms with van der Waals surface area (Å²) in [6.07, 6.45) is -4.02. The number of hydrogen-bond donors (Lipinski definition) is 1. The molecular formula is C21H23F3N4O5. The van der Waals surface area contributed by atoms with Crippen LogP contribution in [-0.2, 0) is 12.7 Å². The van der Waals surface area contributed by atoms with Crippen LogP contribution in [0.2, 0.25) is 0 Å². The number of carbonyl (C=O) groups excluding carboxylic acids is 1. The Hall–Kier alpha value is -3.38. The van der Waals surface area contributed by atoms with Gasteiger partial charge in [-0.05, 0) is 45.3 Å². The zero-order chi connectivity index (χ0) is 24.2. The van der Waals surface area contributed by atoms with Gasteiger partial charge in [-0.2, -0.15) is 18.3 Å². The van der Waals surface area contributed by atoms with Crippen LogP contribution in [0.1, 0.15) is 23.0 Å². The fourth-order valence-electron chi connectivity index (χ4n) is 2.93. The van der Waals surface area contributed by atoms with Gasteiger partial charge in [-0.15, -0.1) is 0 Å². The molecule has 1 N–H and O–H groups in total. The van der Waals surface area contributed by atoms with Crippen LogP contribution < -0.4 is 9.47 Å². The van der Waals surface area contributed by atoms with E-state index in [9.17, 15) is 23.1 Å². The summed E-state index contributed by atoms with van der Waals surface area (Å²) in [6.45, 7) is 2.13. The Bertz CT molecular complexity index is 1070. The zero-order valence-electron chi connectivity index (χ0n) is 18.2. The SMILES string of the molecule is C[C@H](O)Cn1ncc(-c2oncc2C(=O)Oc2ccc(OCCN(C)C)cc2)c1C(F)(F)F. The van der Waals surface area contributed by atoms with Gasteiger partial charge in [0.25, 0.3) is 0 Å². The van der Waals surface area contributed by atoms with E-state index in [1.807, 2.05) is 19.0 Å². The fourth-order valence-corrected chi connectivity index (χ4v) is 2.93. The summed E-state index contributed by atoms with van der Waals surface area (Å²) >= 11 is 0. The largest absolute Gasteiger partial charge is 0.492 e. The lowest BCUT2D eigenvalue weighted by atomic mass is 10.1. The lowest BCUT2D eigenvalue weighted by Gasteiger charge is -2.13. The van der Waals surface area contributed by atoms with Gasteiger partial charge >= 0.3 is 12.1 Å². The summed E-state index contributed by atoms with van der Waals surface area (Å²) in [4.78, 5) is 14.6. The Morgan fingerprint density at radius 3 is 2.48 bits per heavy atom. The molecule has 0 aliphatic rings. The lowest BCUT2D eigenvalue weighted by Crippen LogP contribution is -2.21. The smallest absolute Gasteiger partial charge is 0.433 e. The number of benzene rings is 1. The van der Waals surface area contributed by atoms with E-state index in [0.29, 0.717) is 17.0 Å². The molecule has 1 aromatic carbocycles. The fraction of sp³-hybridized carbons (Fsp3) is 0.381. The Morgan fingerprint density at radius 1 is 1.21 bits per heavy atom. The number of aliphatic hydroxyl groups excluding tert-OH is 1. The number of alkyl halides is 3. The van der Waals surface area contributed by atoms with Crippen molar-refractivity contribution in [2.75, 3.05) is 27.2 Å². The molecule has 0 radical (unpaired) electrons. The molecule has 0 saturated carbocycles. The van der Waals surface area contributed by atoms with Crippen LogP contribution in [0, 0.1) is 0 Å². The standard InChI is InChI=1S/C21H23F3N4O5/c1-13(29)12-28-19(21(22,23)24)16(10-25-28)18-17(11-26-33-18)20(30)32-15-6-4-14(5-7-15)31-9-8-27(2)3/h4-7,10-11,13,29H,8-9,12H2,1-3H3/t13-/m0/s1. The van der Waals surface area contributed by atoms with Crippen LogP contribution >= 0.6 is 0 Å². The number of esters is 1. The topological polar surface area (TPSA) is 103 Å². The summed E-state index contributed by atoms with van der Waals surface area (Å²) in [5.74, 6) is -0.660. The van der Waals surface area contributed by atoms with E-state index in [1.54, 1.807) is 12.1 Å². The quantitative estimate of drug-likeness (QED) is 0.378. The van der Waals surface area contributed by atoms with Crippen LogP contribution in [0.4, 0.5) is 13.2 Å². The maximum atomic E-state index is 13.7. The van der Waals surface area contributed by atoms with Crippen molar-refractivity contribution < 1.29 is 37.1 Å². The van der Waals surface area contributed by atoms with E-state index in [4.69, 9.17) is 14.0 Å². The summed E-state index contributed by atoms with van der Waals surface area (Å²) in [5.41, 5.74) is -1.96. The normalized spacial score (nSPS) is 12.7. The van der Waals surface area contributed by atoms with Gasteiger partial charge < -0.3 is 24.0 Å². The molecule has 0 aliphatic carbocycles. The average molecular weight is 468 g/mol. The number of ether oxygens (including phenoxy) is 2. The first-order valence-corrected chi connectivity index (χ1v) is 9.92. The van der Waals surface area contributed by atoms with Gasteiger partial charge in [0.2, 0.25) is 0 Å².